The molecule has 0 aliphatic heterocycles. The van der Waals surface area contributed by atoms with Crippen molar-refractivity contribution in [2.24, 2.45) is 0 Å². The second-order valence-corrected chi connectivity index (χ2v) is 3.27. The minimum Gasteiger partial charge on any atom is -0.483 e. The molecule has 1 aromatic carbocycles. The molecular formula is C11H16N2O2. The van der Waals surface area contributed by atoms with Gasteiger partial charge in [-0.3, -0.25) is 4.79 Å². The lowest BCUT2D eigenvalue weighted by molar-refractivity contribution is -0.122. The highest BCUT2D eigenvalue weighted by Crippen LogP contribution is 2.20. The molecule has 4 nitrogen and oxygen atoms in total. The molecule has 1 amide bonds. The topological polar surface area (TPSA) is 64.3 Å². The predicted octanol–water partition coefficient (Wildman–Crippen LogP) is 1.09. The monoisotopic (exact) mass is 208 g/mol. The zero-order chi connectivity index (χ0) is 11.3. The lowest BCUT2D eigenvalue weighted by atomic mass is 10.2. The standard InChI is InChI=1S/C11H16N2O2/c1-3-13-11(14)7-15-10-6-9(12)5-4-8(10)2/h4-6H,3,7,12H2,1-2H3,(H,13,14). The number of rotatable bonds is 4. The number of carbonyl (C=O) groups is 1. The van der Waals surface area contributed by atoms with E-state index in [-0.39, 0.29) is 12.5 Å². The molecule has 0 saturated carbocycles. The van der Waals surface area contributed by atoms with Crippen LogP contribution in [-0.2, 0) is 4.79 Å². The molecule has 82 valence electrons. The van der Waals surface area contributed by atoms with Crippen LogP contribution < -0.4 is 15.8 Å². The molecule has 0 aliphatic rings. The Morgan fingerprint density at radius 1 is 1.53 bits per heavy atom. The van der Waals surface area contributed by atoms with E-state index in [1.54, 1.807) is 12.1 Å². The van der Waals surface area contributed by atoms with E-state index in [1.807, 2.05) is 19.9 Å². The molecule has 0 aliphatic carbocycles. The summed E-state index contributed by atoms with van der Waals surface area (Å²) < 4.78 is 5.34. The number of amides is 1. The first-order chi connectivity index (χ1) is 7.13. The average molecular weight is 208 g/mol. The fourth-order valence-electron chi connectivity index (χ4n) is 1.16. The van der Waals surface area contributed by atoms with Crippen LogP contribution in [0.4, 0.5) is 5.69 Å². The minimum atomic E-state index is -0.126. The molecule has 0 saturated heterocycles. The van der Waals surface area contributed by atoms with Crippen LogP contribution in [0.3, 0.4) is 0 Å². The molecule has 0 unspecified atom stereocenters. The number of nitrogens with two attached hydrogens (primary N) is 1. The summed E-state index contributed by atoms with van der Waals surface area (Å²) in [5, 5.41) is 2.65. The van der Waals surface area contributed by atoms with E-state index in [2.05, 4.69) is 5.32 Å². The van der Waals surface area contributed by atoms with Gasteiger partial charge in [0.1, 0.15) is 5.75 Å². The number of hydrogen-bond acceptors (Lipinski definition) is 3. The molecule has 0 aromatic heterocycles. The third kappa shape index (κ3) is 3.50. The van der Waals surface area contributed by atoms with E-state index in [0.717, 1.165) is 5.56 Å². The zero-order valence-electron chi connectivity index (χ0n) is 9.04. The highest BCUT2D eigenvalue weighted by atomic mass is 16.5. The van der Waals surface area contributed by atoms with E-state index in [1.165, 1.54) is 0 Å². The van der Waals surface area contributed by atoms with Crippen LogP contribution in [0.15, 0.2) is 18.2 Å². The number of ether oxygens (including phenoxy) is 1. The van der Waals surface area contributed by atoms with Gasteiger partial charge in [-0.1, -0.05) is 6.07 Å². The smallest absolute Gasteiger partial charge is 0.257 e. The highest BCUT2D eigenvalue weighted by Gasteiger charge is 2.03. The Labute approximate surface area is 89.4 Å². The van der Waals surface area contributed by atoms with Crippen molar-refractivity contribution in [3.63, 3.8) is 0 Å². The summed E-state index contributed by atoms with van der Waals surface area (Å²) in [4.78, 5) is 11.1. The van der Waals surface area contributed by atoms with Gasteiger partial charge >= 0.3 is 0 Å². The fraction of sp³-hybridized carbons (Fsp3) is 0.364. The summed E-state index contributed by atoms with van der Waals surface area (Å²) in [6, 6.07) is 5.38. The number of benzene rings is 1. The predicted molar refractivity (Wildman–Crippen MR) is 59.8 cm³/mol. The summed E-state index contributed by atoms with van der Waals surface area (Å²) in [6.45, 7) is 4.41. The number of hydrogen-bond donors (Lipinski definition) is 2. The minimum absolute atomic E-state index is 0.0259. The zero-order valence-corrected chi connectivity index (χ0v) is 9.04. The van der Waals surface area contributed by atoms with Crippen molar-refractivity contribution in [3.8, 4) is 5.75 Å². The SMILES string of the molecule is CCNC(=O)COc1cc(N)ccc1C. The maximum Gasteiger partial charge on any atom is 0.257 e. The van der Waals surface area contributed by atoms with Gasteiger partial charge in [-0.2, -0.15) is 0 Å². The van der Waals surface area contributed by atoms with E-state index in [9.17, 15) is 4.79 Å². The van der Waals surface area contributed by atoms with Gasteiger partial charge in [0.2, 0.25) is 0 Å². The lowest BCUT2D eigenvalue weighted by Crippen LogP contribution is -2.28. The third-order valence-electron chi connectivity index (χ3n) is 1.94. The lowest BCUT2D eigenvalue weighted by Gasteiger charge is -2.09. The van der Waals surface area contributed by atoms with Gasteiger partial charge in [0.15, 0.2) is 6.61 Å². The quantitative estimate of drug-likeness (QED) is 0.728. The van der Waals surface area contributed by atoms with Gasteiger partial charge in [0.25, 0.3) is 5.91 Å². The Bertz CT molecular complexity index is 350. The van der Waals surface area contributed by atoms with Crippen LogP contribution in [0, 0.1) is 6.92 Å². The van der Waals surface area contributed by atoms with Crippen molar-refractivity contribution >= 4 is 11.6 Å². The second-order valence-electron chi connectivity index (χ2n) is 3.27. The normalized spacial score (nSPS) is 9.73. The maximum absolute atomic E-state index is 11.1. The molecule has 0 bridgehead atoms. The van der Waals surface area contributed by atoms with E-state index in [4.69, 9.17) is 10.5 Å². The van der Waals surface area contributed by atoms with Crippen LogP contribution in [0.5, 0.6) is 5.75 Å². The van der Waals surface area contributed by atoms with Crippen molar-refractivity contribution in [1.82, 2.24) is 5.32 Å². The average Bonchev–Trinajstić information content (AvgIpc) is 2.20. The molecule has 3 N–H and O–H groups in total. The molecule has 0 radical (unpaired) electrons. The second kappa shape index (κ2) is 5.24. The van der Waals surface area contributed by atoms with E-state index in [0.29, 0.717) is 18.0 Å². The number of anilines is 1. The van der Waals surface area contributed by atoms with Crippen LogP contribution in [-0.4, -0.2) is 19.1 Å². The Kier molecular flexibility index (Phi) is 3.97. The largest absolute Gasteiger partial charge is 0.483 e. The summed E-state index contributed by atoms with van der Waals surface area (Å²) in [7, 11) is 0. The molecule has 0 heterocycles. The van der Waals surface area contributed by atoms with Gasteiger partial charge in [-0.15, -0.1) is 0 Å². The maximum atomic E-state index is 11.1. The Balaban J connectivity index is 2.57. The first-order valence-corrected chi connectivity index (χ1v) is 4.89. The van der Waals surface area contributed by atoms with Crippen molar-refractivity contribution in [1.29, 1.82) is 0 Å². The Morgan fingerprint density at radius 3 is 2.93 bits per heavy atom. The van der Waals surface area contributed by atoms with Crippen LogP contribution in [0.25, 0.3) is 0 Å². The van der Waals surface area contributed by atoms with Gasteiger partial charge in [-0.25, -0.2) is 0 Å². The number of nitrogens with one attached hydrogen (secondary N) is 1. The first-order valence-electron chi connectivity index (χ1n) is 4.89. The number of likely N-dealkylation sites (N-methyl/N-ethyl adjacent to an activating group) is 1. The molecular weight excluding hydrogens is 192 g/mol. The van der Waals surface area contributed by atoms with Crippen molar-refractivity contribution in [3.05, 3.63) is 23.8 Å². The summed E-state index contributed by atoms with van der Waals surface area (Å²) >= 11 is 0. The summed E-state index contributed by atoms with van der Waals surface area (Å²) in [5.74, 6) is 0.528. The van der Waals surface area contributed by atoms with Gasteiger partial charge in [0, 0.05) is 18.3 Å². The van der Waals surface area contributed by atoms with Gasteiger partial charge < -0.3 is 15.8 Å². The van der Waals surface area contributed by atoms with Crippen molar-refractivity contribution < 1.29 is 9.53 Å². The number of aryl methyl sites for hydroxylation is 1. The summed E-state index contributed by atoms with van der Waals surface area (Å²) in [5.41, 5.74) is 7.21. The molecule has 1 rings (SSSR count). The van der Waals surface area contributed by atoms with E-state index < -0.39 is 0 Å². The molecule has 15 heavy (non-hydrogen) atoms. The van der Waals surface area contributed by atoms with Crippen LogP contribution in [0.1, 0.15) is 12.5 Å². The number of carbonyl (C=O) groups excluding carboxylic acids is 1. The highest BCUT2D eigenvalue weighted by molar-refractivity contribution is 5.77. The molecule has 0 spiro atoms. The molecule has 4 heteroatoms. The molecule has 0 fully saturated rings. The first kappa shape index (κ1) is 11.4. The van der Waals surface area contributed by atoms with Gasteiger partial charge in [-0.05, 0) is 25.5 Å². The Hall–Kier alpha value is -1.71. The Morgan fingerprint density at radius 2 is 2.27 bits per heavy atom. The number of nitrogen functional groups attached to an aromatic ring is 1. The third-order valence-corrected chi connectivity index (χ3v) is 1.94. The van der Waals surface area contributed by atoms with Crippen molar-refractivity contribution in [2.75, 3.05) is 18.9 Å². The summed E-state index contributed by atoms with van der Waals surface area (Å²) in [6.07, 6.45) is 0. The molecule has 0 atom stereocenters. The van der Waals surface area contributed by atoms with Gasteiger partial charge in [0.05, 0.1) is 0 Å². The van der Waals surface area contributed by atoms with E-state index >= 15 is 0 Å². The molecule has 1 aromatic rings. The fourth-order valence-corrected chi connectivity index (χ4v) is 1.16. The van der Waals surface area contributed by atoms with Crippen molar-refractivity contribution in [2.45, 2.75) is 13.8 Å². The van der Waals surface area contributed by atoms with Crippen LogP contribution in [0.2, 0.25) is 0 Å². The van der Waals surface area contributed by atoms with Crippen LogP contribution >= 0.6 is 0 Å².